The maximum absolute atomic E-state index is 12.0. The van der Waals surface area contributed by atoms with E-state index in [-0.39, 0.29) is 11.8 Å². The second-order valence-electron chi connectivity index (χ2n) is 3.82. The zero-order valence-electron chi connectivity index (χ0n) is 9.93. The van der Waals surface area contributed by atoms with Crippen molar-refractivity contribution in [1.82, 2.24) is 5.32 Å². The molecule has 6 heteroatoms. The lowest BCUT2D eigenvalue weighted by Crippen LogP contribution is -2.49. The number of rotatable bonds is 3. The lowest BCUT2D eigenvalue weighted by Gasteiger charge is -2.22. The standard InChI is InChI=1S/C12H14N2O3S/c1-17-10-5-3-2-4-8(10)14-12(16)9-6-18-7-11(15)13-9/h2-5,9H,6-7H2,1H3,(H,13,15)(H,14,16). The van der Waals surface area contributed by atoms with E-state index in [4.69, 9.17) is 4.74 Å². The molecule has 0 aliphatic carbocycles. The molecule has 1 fully saturated rings. The quantitative estimate of drug-likeness (QED) is 0.851. The molecule has 2 N–H and O–H groups in total. The second-order valence-corrected chi connectivity index (χ2v) is 4.86. The van der Waals surface area contributed by atoms with Gasteiger partial charge in [-0.15, -0.1) is 11.8 Å². The van der Waals surface area contributed by atoms with E-state index >= 15 is 0 Å². The van der Waals surface area contributed by atoms with Crippen molar-refractivity contribution in [3.63, 3.8) is 0 Å². The molecule has 0 spiro atoms. The van der Waals surface area contributed by atoms with Gasteiger partial charge in [0.05, 0.1) is 18.6 Å². The Morgan fingerprint density at radius 2 is 2.28 bits per heavy atom. The number of carbonyl (C=O) groups excluding carboxylic acids is 2. The van der Waals surface area contributed by atoms with Gasteiger partial charge in [0.15, 0.2) is 0 Å². The summed E-state index contributed by atoms with van der Waals surface area (Å²) in [5.74, 6) is 1.28. The van der Waals surface area contributed by atoms with E-state index in [1.165, 1.54) is 11.8 Å². The number of amides is 2. The molecule has 1 saturated heterocycles. The Bertz CT molecular complexity index is 464. The smallest absolute Gasteiger partial charge is 0.247 e. The van der Waals surface area contributed by atoms with Gasteiger partial charge in [-0.2, -0.15) is 0 Å². The Morgan fingerprint density at radius 3 is 3.00 bits per heavy atom. The van der Waals surface area contributed by atoms with Crippen molar-refractivity contribution < 1.29 is 14.3 Å². The number of para-hydroxylation sites is 2. The minimum absolute atomic E-state index is 0.105. The van der Waals surface area contributed by atoms with Crippen molar-refractivity contribution in [1.29, 1.82) is 0 Å². The highest BCUT2D eigenvalue weighted by Gasteiger charge is 2.25. The Kier molecular flexibility index (Phi) is 4.09. The van der Waals surface area contributed by atoms with Crippen molar-refractivity contribution in [2.75, 3.05) is 23.9 Å². The minimum atomic E-state index is -0.485. The van der Waals surface area contributed by atoms with Crippen LogP contribution in [0.3, 0.4) is 0 Å². The van der Waals surface area contributed by atoms with E-state index in [1.54, 1.807) is 19.2 Å². The van der Waals surface area contributed by atoms with Crippen LogP contribution < -0.4 is 15.4 Å². The molecule has 96 valence electrons. The van der Waals surface area contributed by atoms with Crippen molar-refractivity contribution in [3.05, 3.63) is 24.3 Å². The van der Waals surface area contributed by atoms with Gasteiger partial charge in [0.1, 0.15) is 11.8 Å². The number of hydrogen-bond donors (Lipinski definition) is 2. The molecule has 0 saturated carbocycles. The van der Waals surface area contributed by atoms with Crippen LogP contribution in [0, 0.1) is 0 Å². The lowest BCUT2D eigenvalue weighted by molar-refractivity contribution is -0.124. The first-order valence-electron chi connectivity index (χ1n) is 5.51. The highest BCUT2D eigenvalue weighted by molar-refractivity contribution is 8.00. The summed E-state index contributed by atoms with van der Waals surface area (Å²) >= 11 is 1.46. The lowest BCUT2D eigenvalue weighted by atomic mass is 10.2. The van der Waals surface area contributed by atoms with Gasteiger partial charge in [0.25, 0.3) is 0 Å². The molecule has 18 heavy (non-hydrogen) atoms. The fraction of sp³-hybridized carbons (Fsp3) is 0.333. The summed E-state index contributed by atoms with van der Waals surface area (Å²) in [7, 11) is 1.54. The summed E-state index contributed by atoms with van der Waals surface area (Å²) in [6.45, 7) is 0. The maximum atomic E-state index is 12.0. The summed E-state index contributed by atoms with van der Waals surface area (Å²) in [6, 6.07) is 6.68. The maximum Gasteiger partial charge on any atom is 0.247 e. The Labute approximate surface area is 109 Å². The molecule has 0 aromatic heterocycles. The van der Waals surface area contributed by atoms with Gasteiger partial charge < -0.3 is 15.4 Å². The Hall–Kier alpha value is -1.69. The molecule has 0 bridgehead atoms. The van der Waals surface area contributed by atoms with Crippen LogP contribution in [0.2, 0.25) is 0 Å². The number of anilines is 1. The number of carbonyl (C=O) groups is 2. The van der Waals surface area contributed by atoms with Crippen LogP contribution in [-0.4, -0.2) is 36.5 Å². The van der Waals surface area contributed by atoms with E-state index in [0.29, 0.717) is 22.9 Å². The van der Waals surface area contributed by atoms with Crippen LogP contribution >= 0.6 is 11.8 Å². The van der Waals surface area contributed by atoms with Gasteiger partial charge in [-0.25, -0.2) is 0 Å². The number of methoxy groups -OCH3 is 1. The second kappa shape index (κ2) is 5.77. The van der Waals surface area contributed by atoms with Crippen LogP contribution in [0.1, 0.15) is 0 Å². The number of hydrogen-bond acceptors (Lipinski definition) is 4. The predicted octanol–water partition coefficient (Wildman–Crippen LogP) is 0.865. The summed E-state index contributed by atoms with van der Waals surface area (Å²) in [6.07, 6.45) is 0. The first kappa shape index (κ1) is 12.8. The molecule has 0 radical (unpaired) electrons. The predicted molar refractivity (Wildman–Crippen MR) is 70.9 cm³/mol. The van der Waals surface area contributed by atoms with Gasteiger partial charge >= 0.3 is 0 Å². The van der Waals surface area contributed by atoms with E-state index < -0.39 is 6.04 Å². The molecule has 1 unspecified atom stereocenters. The normalized spacial score (nSPS) is 18.9. The average molecular weight is 266 g/mol. The fourth-order valence-electron chi connectivity index (χ4n) is 1.66. The highest BCUT2D eigenvalue weighted by atomic mass is 32.2. The molecule has 1 aromatic rings. The minimum Gasteiger partial charge on any atom is -0.495 e. The molecular formula is C12H14N2O3S. The Morgan fingerprint density at radius 1 is 1.50 bits per heavy atom. The van der Waals surface area contributed by atoms with Crippen LogP contribution in [-0.2, 0) is 9.59 Å². The van der Waals surface area contributed by atoms with Crippen molar-refractivity contribution in [3.8, 4) is 5.75 Å². The SMILES string of the molecule is COc1ccccc1NC(=O)C1CSCC(=O)N1. The summed E-state index contributed by atoms with van der Waals surface area (Å²) in [5, 5.41) is 5.42. The van der Waals surface area contributed by atoms with Crippen LogP contribution in [0.25, 0.3) is 0 Å². The largest absolute Gasteiger partial charge is 0.495 e. The van der Waals surface area contributed by atoms with Crippen molar-refractivity contribution in [2.45, 2.75) is 6.04 Å². The molecule has 1 heterocycles. The first-order valence-corrected chi connectivity index (χ1v) is 6.67. The molecule has 2 amide bonds. The average Bonchev–Trinajstić information content (AvgIpc) is 2.39. The van der Waals surface area contributed by atoms with Crippen LogP contribution in [0.5, 0.6) is 5.75 Å². The van der Waals surface area contributed by atoms with Gasteiger partial charge in [0.2, 0.25) is 11.8 Å². The van der Waals surface area contributed by atoms with Gasteiger partial charge in [-0.3, -0.25) is 9.59 Å². The molecule has 1 atom stereocenters. The van der Waals surface area contributed by atoms with Gasteiger partial charge in [0, 0.05) is 5.75 Å². The summed E-state index contributed by atoms with van der Waals surface area (Å²) < 4.78 is 5.15. The molecule has 2 rings (SSSR count). The molecule has 1 aliphatic rings. The Balaban J connectivity index is 2.04. The zero-order valence-corrected chi connectivity index (χ0v) is 10.8. The van der Waals surface area contributed by atoms with Gasteiger partial charge in [-0.1, -0.05) is 12.1 Å². The topological polar surface area (TPSA) is 67.4 Å². The van der Waals surface area contributed by atoms with E-state index in [0.717, 1.165) is 0 Å². The van der Waals surface area contributed by atoms with Crippen molar-refractivity contribution in [2.24, 2.45) is 0 Å². The van der Waals surface area contributed by atoms with Crippen molar-refractivity contribution >= 4 is 29.3 Å². The number of nitrogens with one attached hydrogen (secondary N) is 2. The number of thioether (sulfide) groups is 1. The third-order valence-electron chi connectivity index (χ3n) is 2.53. The zero-order chi connectivity index (χ0) is 13.0. The number of benzene rings is 1. The molecular weight excluding hydrogens is 252 g/mol. The van der Waals surface area contributed by atoms with Crippen LogP contribution in [0.4, 0.5) is 5.69 Å². The molecule has 1 aliphatic heterocycles. The summed E-state index contributed by atoms with van der Waals surface area (Å²) in [5.41, 5.74) is 0.606. The highest BCUT2D eigenvalue weighted by Crippen LogP contribution is 2.23. The molecule has 5 nitrogen and oxygen atoms in total. The third-order valence-corrected chi connectivity index (χ3v) is 3.57. The van der Waals surface area contributed by atoms with Crippen LogP contribution in [0.15, 0.2) is 24.3 Å². The van der Waals surface area contributed by atoms with E-state index in [1.807, 2.05) is 12.1 Å². The summed E-state index contributed by atoms with van der Waals surface area (Å²) in [4.78, 5) is 23.2. The molecule has 1 aromatic carbocycles. The van der Waals surface area contributed by atoms with E-state index in [2.05, 4.69) is 10.6 Å². The van der Waals surface area contributed by atoms with E-state index in [9.17, 15) is 9.59 Å². The fourth-order valence-corrected chi connectivity index (χ4v) is 2.51. The first-order chi connectivity index (χ1) is 8.70. The van der Waals surface area contributed by atoms with Gasteiger partial charge in [-0.05, 0) is 12.1 Å². The third kappa shape index (κ3) is 2.95. The monoisotopic (exact) mass is 266 g/mol. The number of ether oxygens (including phenoxy) is 1.